The third-order valence-corrected chi connectivity index (χ3v) is 5.27. The van der Waals surface area contributed by atoms with Gasteiger partial charge in [0.15, 0.2) is 0 Å². The van der Waals surface area contributed by atoms with Gasteiger partial charge in [-0.1, -0.05) is 11.6 Å². The van der Waals surface area contributed by atoms with E-state index >= 15 is 0 Å². The van der Waals surface area contributed by atoms with Crippen molar-refractivity contribution < 1.29 is 19.2 Å². The van der Waals surface area contributed by atoms with Crippen LogP contribution >= 0.6 is 11.6 Å². The summed E-state index contributed by atoms with van der Waals surface area (Å²) in [5.41, 5.74) is 0.438. The summed E-state index contributed by atoms with van der Waals surface area (Å²) in [6.07, 6.45) is 0.191. The lowest BCUT2D eigenvalue weighted by Crippen LogP contribution is -2.51. The van der Waals surface area contributed by atoms with Crippen LogP contribution in [0.2, 0.25) is 5.02 Å². The van der Waals surface area contributed by atoms with Crippen LogP contribution in [-0.2, 0) is 19.2 Å². The summed E-state index contributed by atoms with van der Waals surface area (Å²) in [5.74, 6) is -3.47. The first-order valence-corrected chi connectivity index (χ1v) is 7.55. The van der Waals surface area contributed by atoms with Crippen molar-refractivity contribution in [1.29, 1.82) is 0 Å². The highest BCUT2D eigenvalue weighted by molar-refractivity contribution is 6.31. The second-order valence-corrected chi connectivity index (χ2v) is 6.53. The third kappa shape index (κ3) is 1.66. The molecule has 4 aliphatic rings. The minimum Gasteiger partial charge on any atom is -0.299 e. The summed E-state index contributed by atoms with van der Waals surface area (Å²) in [6.45, 7) is 0. The summed E-state index contributed by atoms with van der Waals surface area (Å²) in [6, 6.07) is 6.40. The fraction of sp³-hybridized carbons (Fsp3) is 0.375. The molecule has 1 heterocycles. The largest absolute Gasteiger partial charge is 0.299 e. The van der Waals surface area contributed by atoms with Crippen LogP contribution in [-0.4, -0.2) is 23.4 Å². The van der Waals surface area contributed by atoms with Gasteiger partial charge in [0.25, 0.3) is 0 Å². The molecule has 4 atom stereocenters. The van der Waals surface area contributed by atoms with Crippen molar-refractivity contribution in [2.24, 2.45) is 23.7 Å². The second kappa shape index (κ2) is 4.49. The molecule has 112 valence electrons. The van der Waals surface area contributed by atoms with Crippen molar-refractivity contribution >= 4 is 40.7 Å². The summed E-state index contributed by atoms with van der Waals surface area (Å²) < 4.78 is 0. The lowest BCUT2D eigenvalue weighted by molar-refractivity contribution is -0.153. The van der Waals surface area contributed by atoms with E-state index in [4.69, 9.17) is 11.6 Å². The van der Waals surface area contributed by atoms with E-state index < -0.39 is 23.7 Å². The molecule has 22 heavy (non-hydrogen) atoms. The van der Waals surface area contributed by atoms with Crippen LogP contribution in [0.4, 0.5) is 5.69 Å². The van der Waals surface area contributed by atoms with Gasteiger partial charge in [-0.2, -0.15) is 0 Å². The Balaban J connectivity index is 1.78. The zero-order valence-electron chi connectivity index (χ0n) is 11.5. The molecule has 3 saturated carbocycles. The number of carbonyl (C=O) groups is 4. The SMILES string of the molecule is O=C1C[C@H]2C(=O)C[C@H]1[C@@H]1C(=O)N(c3ccc(Cl)cc3)C(=O)[C@H]12. The predicted octanol–water partition coefficient (Wildman–Crippen LogP) is 1.62. The van der Waals surface area contributed by atoms with E-state index in [0.717, 1.165) is 4.90 Å². The molecule has 2 bridgehead atoms. The minimum absolute atomic E-state index is 0.0649. The van der Waals surface area contributed by atoms with Crippen LogP contribution in [0.25, 0.3) is 0 Å². The molecule has 1 aromatic carbocycles. The van der Waals surface area contributed by atoms with E-state index in [-0.39, 0.29) is 36.2 Å². The Kier molecular flexibility index (Phi) is 2.78. The van der Waals surface area contributed by atoms with Crippen molar-refractivity contribution in [1.82, 2.24) is 0 Å². The van der Waals surface area contributed by atoms with Gasteiger partial charge in [-0.3, -0.25) is 24.1 Å². The summed E-state index contributed by atoms with van der Waals surface area (Å²) >= 11 is 5.83. The standard InChI is InChI=1S/C16H12ClNO4/c17-7-1-3-8(4-2-7)18-15(21)13-9-5-11(19)10(6-12(9)20)14(13)16(18)22/h1-4,9-10,13-14H,5-6H2/t9-,10+,13-,14-/m0/s1. The van der Waals surface area contributed by atoms with Crippen molar-refractivity contribution in [3.05, 3.63) is 29.3 Å². The van der Waals surface area contributed by atoms with Crippen LogP contribution in [0.15, 0.2) is 24.3 Å². The number of Topliss-reactive ketones (excluding diaryl/α,β-unsaturated/α-hetero) is 2. The minimum atomic E-state index is -0.674. The van der Waals surface area contributed by atoms with E-state index in [1.165, 1.54) is 0 Å². The first-order chi connectivity index (χ1) is 10.5. The molecule has 2 amide bonds. The molecule has 5 rings (SSSR count). The number of fused-ring (bicyclic) bond motifs is 2. The molecule has 0 radical (unpaired) electrons. The van der Waals surface area contributed by atoms with Gasteiger partial charge in [0.05, 0.1) is 17.5 Å². The summed E-state index contributed by atoms with van der Waals surface area (Å²) in [4.78, 5) is 50.6. The summed E-state index contributed by atoms with van der Waals surface area (Å²) in [5, 5.41) is 0.505. The lowest BCUT2D eigenvalue weighted by atomic mass is 9.58. The molecule has 1 aromatic rings. The molecule has 0 spiro atoms. The number of rotatable bonds is 1. The predicted molar refractivity (Wildman–Crippen MR) is 77.2 cm³/mol. The highest BCUT2D eigenvalue weighted by Gasteiger charge is 2.63. The van der Waals surface area contributed by atoms with Gasteiger partial charge in [0, 0.05) is 29.7 Å². The van der Waals surface area contributed by atoms with E-state index in [9.17, 15) is 19.2 Å². The number of nitrogens with zero attached hydrogens (tertiary/aromatic N) is 1. The number of amides is 2. The van der Waals surface area contributed by atoms with E-state index in [2.05, 4.69) is 0 Å². The monoisotopic (exact) mass is 317 g/mol. The molecule has 4 fully saturated rings. The molecule has 3 aliphatic carbocycles. The zero-order chi connectivity index (χ0) is 15.6. The fourth-order valence-electron chi connectivity index (χ4n) is 4.02. The Bertz CT molecular complexity index is 686. The average Bonchev–Trinajstić information content (AvgIpc) is 2.75. The maximum Gasteiger partial charge on any atom is 0.238 e. The molecule has 6 heteroatoms. The van der Waals surface area contributed by atoms with Crippen molar-refractivity contribution in [3.8, 4) is 0 Å². The number of halogens is 1. The van der Waals surface area contributed by atoms with Gasteiger partial charge in [-0.15, -0.1) is 0 Å². The number of imide groups is 1. The molecule has 0 unspecified atom stereocenters. The highest BCUT2D eigenvalue weighted by Crippen LogP contribution is 2.50. The molecule has 1 aliphatic heterocycles. The van der Waals surface area contributed by atoms with Gasteiger partial charge >= 0.3 is 0 Å². The smallest absolute Gasteiger partial charge is 0.238 e. The Morgan fingerprint density at radius 1 is 0.818 bits per heavy atom. The topological polar surface area (TPSA) is 71.5 Å². The van der Waals surface area contributed by atoms with E-state index in [0.29, 0.717) is 10.7 Å². The fourth-order valence-corrected chi connectivity index (χ4v) is 4.15. The lowest BCUT2D eigenvalue weighted by Gasteiger charge is -2.40. The quantitative estimate of drug-likeness (QED) is 0.738. The van der Waals surface area contributed by atoms with E-state index in [1.54, 1.807) is 24.3 Å². The van der Waals surface area contributed by atoms with Crippen LogP contribution < -0.4 is 4.90 Å². The second-order valence-electron chi connectivity index (χ2n) is 6.09. The van der Waals surface area contributed by atoms with Gasteiger partial charge in [0.1, 0.15) is 11.6 Å². The molecular weight excluding hydrogens is 306 g/mol. The molecule has 0 aromatic heterocycles. The average molecular weight is 318 g/mol. The molecule has 5 nitrogen and oxygen atoms in total. The van der Waals surface area contributed by atoms with Crippen molar-refractivity contribution in [2.75, 3.05) is 4.90 Å². The van der Waals surface area contributed by atoms with Crippen LogP contribution in [0, 0.1) is 23.7 Å². The summed E-state index contributed by atoms with van der Waals surface area (Å²) in [7, 11) is 0. The van der Waals surface area contributed by atoms with Gasteiger partial charge in [-0.05, 0) is 24.3 Å². The van der Waals surface area contributed by atoms with Crippen molar-refractivity contribution in [3.63, 3.8) is 0 Å². The number of benzene rings is 1. The number of hydrogen-bond donors (Lipinski definition) is 0. The third-order valence-electron chi connectivity index (χ3n) is 5.02. The zero-order valence-corrected chi connectivity index (χ0v) is 12.2. The molecular formula is C16H12ClNO4. The molecule has 0 N–H and O–H groups in total. The van der Waals surface area contributed by atoms with Crippen LogP contribution in [0.1, 0.15) is 12.8 Å². The normalized spacial score (nSPS) is 33.6. The van der Waals surface area contributed by atoms with Gasteiger partial charge in [0.2, 0.25) is 11.8 Å². The van der Waals surface area contributed by atoms with Crippen molar-refractivity contribution in [2.45, 2.75) is 12.8 Å². The number of carbonyl (C=O) groups excluding carboxylic acids is 4. The Hall–Kier alpha value is -2.01. The van der Waals surface area contributed by atoms with Crippen LogP contribution in [0.3, 0.4) is 0 Å². The van der Waals surface area contributed by atoms with E-state index in [1.807, 2.05) is 0 Å². The highest BCUT2D eigenvalue weighted by atomic mass is 35.5. The Morgan fingerprint density at radius 3 is 1.73 bits per heavy atom. The number of anilines is 1. The van der Waals surface area contributed by atoms with Crippen LogP contribution in [0.5, 0.6) is 0 Å². The first-order valence-electron chi connectivity index (χ1n) is 7.18. The van der Waals surface area contributed by atoms with Gasteiger partial charge < -0.3 is 0 Å². The first kappa shape index (κ1) is 13.6. The number of hydrogen-bond acceptors (Lipinski definition) is 4. The number of ketones is 2. The Morgan fingerprint density at radius 2 is 1.27 bits per heavy atom. The maximum atomic E-state index is 12.7. The van der Waals surface area contributed by atoms with Gasteiger partial charge in [-0.25, -0.2) is 0 Å². The molecule has 1 saturated heterocycles. The Labute approximate surface area is 131 Å². The maximum absolute atomic E-state index is 12.7.